The van der Waals surface area contributed by atoms with Crippen molar-refractivity contribution < 1.29 is 18.1 Å². The third kappa shape index (κ3) is 5.07. The Bertz CT molecular complexity index is 720. The maximum Gasteiger partial charge on any atom is 0.319 e. The first-order valence-electron chi connectivity index (χ1n) is 6.80. The third-order valence-corrected chi connectivity index (χ3v) is 4.00. The number of carbonyl (C=O) groups excluding carboxylic acids is 1. The lowest BCUT2D eigenvalue weighted by atomic mass is 10.2. The normalized spacial score (nSPS) is 11.6. The lowest BCUT2D eigenvalue weighted by molar-refractivity contribution is 0.251. The summed E-state index contributed by atoms with van der Waals surface area (Å²) >= 11 is 0. The van der Waals surface area contributed by atoms with Gasteiger partial charge in [0, 0.05) is 40.2 Å². The van der Waals surface area contributed by atoms with Crippen LogP contribution in [0.2, 0.25) is 0 Å². The Morgan fingerprint density at radius 3 is 2.52 bits per heavy atom. The van der Waals surface area contributed by atoms with E-state index in [0.717, 1.165) is 0 Å². The molecular formula is C16H17FN2O3S. The van der Waals surface area contributed by atoms with Gasteiger partial charge in [0.15, 0.2) is 0 Å². The second kappa shape index (κ2) is 7.73. The van der Waals surface area contributed by atoms with Crippen LogP contribution in [-0.4, -0.2) is 23.6 Å². The van der Waals surface area contributed by atoms with Crippen LogP contribution in [0.4, 0.5) is 14.9 Å². The second-order valence-electron chi connectivity index (χ2n) is 4.79. The summed E-state index contributed by atoms with van der Waals surface area (Å²) in [6.07, 6.45) is 1.59. The zero-order valence-corrected chi connectivity index (χ0v) is 13.6. The summed E-state index contributed by atoms with van der Waals surface area (Å²) in [6, 6.07) is 10.5. The van der Waals surface area contributed by atoms with E-state index >= 15 is 0 Å². The summed E-state index contributed by atoms with van der Waals surface area (Å²) in [5.74, 6) is -0.0323. The van der Waals surface area contributed by atoms with Crippen molar-refractivity contribution in [2.75, 3.05) is 18.7 Å². The van der Waals surface area contributed by atoms with Crippen molar-refractivity contribution in [2.45, 2.75) is 11.4 Å². The molecule has 5 nitrogen and oxygen atoms in total. The lowest BCUT2D eigenvalue weighted by Crippen LogP contribution is -2.28. The minimum Gasteiger partial charge on any atom is -0.497 e. The molecule has 23 heavy (non-hydrogen) atoms. The fourth-order valence-corrected chi connectivity index (χ4v) is 2.45. The molecular weight excluding hydrogens is 319 g/mol. The second-order valence-corrected chi connectivity index (χ2v) is 6.17. The Kier molecular flexibility index (Phi) is 5.70. The molecule has 0 aliphatic heterocycles. The molecule has 0 aliphatic carbocycles. The predicted octanol–water partition coefficient (Wildman–Crippen LogP) is 2.89. The highest BCUT2D eigenvalue weighted by Gasteiger charge is 2.05. The minimum absolute atomic E-state index is 0.164. The van der Waals surface area contributed by atoms with Gasteiger partial charge in [-0.1, -0.05) is 0 Å². The molecule has 2 rings (SSSR count). The van der Waals surface area contributed by atoms with Crippen molar-refractivity contribution in [3.05, 3.63) is 53.8 Å². The van der Waals surface area contributed by atoms with E-state index in [1.165, 1.54) is 19.2 Å². The molecule has 122 valence electrons. The molecule has 0 aliphatic rings. The number of amides is 2. The fraction of sp³-hybridized carbons (Fsp3) is 0.188. The number of rotatable bonds is 5. The Morgan fingerprint density at radius 2 is 1.91 bits per heavy atom. The first kappa shape index (κ1) is 17.0. The van der Waals surface area contributed by atoms with E-state index < -0.39 is 22.6 Å². The molecule has 0 heterocycles. The molecule has 1 atom stereocenters. The van der Waals surface area contributed by atoms with Crippen molar-refractivity contribution in [1.82, 2.24) is 5.32 Å². The highest BCUT2D eigenvalue weighted by atomic mass is 32.2. The number of hydrogen-bond donors (Lipinski definition) is 2. The third-order valence-electron chi connectivity index (χ3n) is 3.06. The van der Waals surface area contributed by atoms with Gasteiger partial charge in [-0.15, -0.1) is 0 Å². The molecule has 0 spiro atoms. The number of hydrogen-bond acceptors (Lipinski definition) is 3. The average molecular weight is 336 g/mol. The van der Waals surface area contributed by atoms with Gasteiger partial charge in [0.1, 0.15) is 11.6 Å². The van der Waals surface area contributed by atoms with E-state index in [2.05, 4.69) is 10.6 Å². The molecule has 2 aromatic carbocycles. The van der Waals surface area contributed by atoms with E-state index in [4.69, 9.17) is 4.74 Å². The van der Waals surface area contributed by atoms with E-state index in [1.807, 2.05) is 0 Å². The highest BCUT2D eigenvalue weighted by Crippen LogP contribution is 2.16. The van der Waals surface area contributed by atoms with Crippen molar-refractivity contribution in [3.8, 4) is 5.75 Å². The summed E-state index contributed by atoms with van der Waals surface area (Å²) < 4.78 is 29.6. The standard InChI is InChI=1S/C16H17FN2O3S/c1-22-14-8-11(7-12(17)9-14)10-18-16(20)19-13-3-5-15(6-4-13)23(2)21/h3-9H,10H2,1-2H3,(H2,18,19,20)/t23-/m0/s1. The Hall–Kier alpha value is -2.41. The number of halogens is 1. The molecule has 2 amide bonds. The Morgan fingerprint density at radius 1 is 1.22 bits per heavy atom. The first-order chi connectivity index (χ1) is 11.0. The SMILES string of the molecule is COc1cc(F)cc(CNC(=O)Nc2ccc([S@](C)=O)cc2)c1. The molecule has 2 aromatic rings. The van der Waals surface area contributed by atoms with Crippen LogP contribution in [0.3, 0.4) is 0 Å². The lowest BCUT2D eigenvalue weighted by Gasteiger charge is -2.09. The summed E-state index contributed by atoms with van der Waals surface area (Å²) in [7, 11) is 0.391. The number of carbonyl (C=O) groups is 1. The monoisotopic (exact) mass is 336 g/mol. The molecule has 0 fully saturated rings. The number of ether oxygens (including phenoxy) is 1. The predicted molar refractivity (Wildman–Crippen MR) is 87.6 cm³/mol. The zero-order chi connectivity index (χ0) is 16.8. The summed E-state index contributed by atoms with van der Waals surface area (Å²) in [6.45, 7) is 0.164. The first-order valence-corrected chi connectivity index (χ1v) is 8.35. The number of nitrogens with one attached hydrogen (secondary N) is 2. The smallest absolute Gasteiger partial charge is 0.319 e. The van der Waals surface area contributed by atoms with Crippen molar-refractivity contribution in [1.29, 1.82) is 0 Å². The highest BCUT2D eigenvalue weighted by molar-refractivity contribution is 7.84. The van der Waals surface area contributed by atoms with Gasteiger partial charge < -0.3 is 15.4 Å². The Labute approximate surface area is 136 Å². The maximum atomic E-state index is 13.4. The van der Waals surface area contributed by atoms with E-state index in [9.17, 15) is 13.4 Å². The molecule has 0 radical (unpaired) electrons. The van der Waals surface area contributed by atoms with Crippen LogP contribution >= 0.6 is 0 Å². The summed E-state index contributed by atoms with van der Waals surface area (Å²) in [5, 5.41) is 5.28. The molecule has 0 saturated carbocycles. The molecule has 0 aromatic heterocycles. The van der Waals surface area contributed by atoms with Crippen LogP contribution in [0.15, 0.2) is 47.4 Å². The summed E-state index contributed by atoms with van der Waals surface area (Å²) in [4.78, 5) is 12.5. The summed E-state index contributed by atoms with van der Waals surface area (Å²) in [5.41, 5.74) is 1.17. The van der Waals surface area contributed by atoms with E-state index in [1.54, 1.807) is 36.6 Å². The fourth-order valence-electron chi connectivity index (χ4n) is 1.93. The maximum absolute atomic E-state index is 13.4. The van der Waals surface area contributed by atoms with Gasteiger partial charge >= 0.3 is 6.03 Å². The van der Waals surface area contributed by atoms with Gasteiger partial charge in [0.05, 0.1) is 7.11 Å². The largest absolute Gasteiger partial charge is 0.497 e. The van der Waals surface area contributed by atoms with E-state index in [0.29, 0.717) is 21.9 Å². The van der Waals surface area contributed by atoms with Crippen molar-refractivity contribution in [2.24, 2.45) is 0 Å². The quantitative estimate of drug-likeness (QED) is 0.882. The Balaban J connectivity index is 1.92. The van der Waals surface area contributed by atoms with Gasteiger partial charge in [0.2, 0.25) is 0 Å². The van der Waals surface area contributed by atoms with Crippen molar-refractivity contribution >= 4 is 22.5 Å². The minimum atomic E-state index is -1.06. The van der Waals surface area contributed by atoms with Gasteiger partial charge in [-0.3, -0.25) is 4.21 Å². The number of urea groups is 1. The zero-order valence-electron chi connectivity index (χ0n) is 12.8. The average Bonchev–Trinajstić information content (AvgIpc) is 2.53. The molecule has 2 N–H and O–H groups in total. The van der Waals surface area contributed by atoms with Crippen LogP contribution in [0.25, 0.3) is 0 Å². The molecule has 7 heteroatoms. The molecule has 0 saturated heterocycles. The van der Waals surface area contributed by atoms with Crippen LogP contribution < -0.4 is 15.4 Å². The topological polar surface area (TPSA) is 67.4 Å². The van der Waals surface area contributed by atoms with Crippen molar-refractivity contribution in [3.63, 3.8) is 0 Å². The van der Waals surface area contributed by atoms with Crippen LogP contribution in [-0.2, 0) is 17.3 Å². The van der Waals surface area contributed by atoms with Crippen LogP contribution in [0.1, 0.15) is 5.56 Å². The number of anilines is 1. The molecule has 0 unspecified atom stereocenters. The van der Waals surface area contributed by atoms with E-state index in [-0.39, 0.29) is 6.54 Å². The van der Waals surface area contributed by atoms with Gasteiger partial charge in [-0.25, -0.2) is 9.18 Å². The number of benzene rings is 2. The molecule has 0 bridgehead atoms. The number of methoxy groups -OCH3 is 1. The van der Waals surface area contributed by atoms with Gasteiger partial charge in [-0.05, 0) is 42.0 Å². The van der Waals surface area contributed by atoms with Gasteiger partial charge in [-0.2, -0.15) is 0 Å². The van der Waals surface area contributed by atoms with Gasteiger partial charge in [0.25, 0.3) is 0 Å². The van der Waals surface area contributed by atoms with Crippen LogP contribution in [0.5, 0.6) is 5.75 Å². The van der Waals surface area contributed by atoms with Crippen LogP contribution in [0, 0.1) is 5.82 Å².